The van der Waals surface area contributed by atoms with Gasteiger partial charge in [-0.3, -0.25) is 20.0 Å². The monoisotopic (exact) mass is 381 g/mol. The van der Waals surface area contributed by atoms with Crippen LogP contribution >= 0.6 is 15.9 Å². The topological polar surface area (TPSA) is 123 Å². The Bertz CT molecular complexity index is 711. The second-order valence-corrected chi connectivity index (χ2v) is 5.94. The van der Waals surface area contributed by atoms with Crippen LogP contribution in [0.4, 0.5) is 5.95 Å². The fourth-order valence-electron chi connectivity index (χ4n) is 1.80. The van der Waals surface area contributed by atoms with Gasteiger partial charge in [-0.1, -0.05) is 28.1 Å². The van der Waals surface area contributed by atoms with Gasteiger partial charge in [0.15, 0.2) is 0 Å². The largest absolute Gasteiger partial charge is 0.469 e. The van der Waals surface area contributed by atoms with E-state index in [1.807, 2.05) is 0 Å². The van der Waals surface area contributed by atoms with Crippen molar-refractivity contribution in [2.45, 2.75) is 18.9 Å². The van der Waals surface area contributed by atoms with Crippen molar-refractivity contribution in [3.05, 3.63) is 40.1 Å². The standard InChI is InChI=1S/C14H16BrN5O3/c1-14(16,8-3-5-9(15)6-4-8)12(22)18-13-17-10(19-20-13)7-11(21)23-2/h3-6H,7,16H2,1-2H3,(H2,17,18,19,20,22). The molecular weight excluding hydrogens is 366 g/mol. The van der Waals surface area contributed by atoms with Crippen LogP contribution in [0.15, 0.2) is 28.7 Å². The van der Waals surface area contributed by atoms with Crippen molar-refractivity contribution in [3.8, 4) is 0 Å². The summed E-state index contributed by atoms with van der Waals surface area (Å²) in [6, 6.07) is 7.11. The van der Waals surface area contributed by atoms with Gasteiger partial charge in [-0.15, -0.1) is 5.10 Å². The Morgan fingerprint density at radius 3 is 2.65 bits per heavy atom. The predicted molar refractivity (Wildman–Crippen MR) is 86.4 cm³/mol. The van der Waals surface area contributed by atoms with Crippen molar-refractivity contribution in [1.29, 1.82) is 0 Å². The summed E-state index contributed by atoms with van der Waals surface area (Å²) in [5, 5.41) is 8.90. The second kappa shape index (κ2) is 6.88. The van der Waals surface area contributed by atoms with Crippen LogP contribution < -0.4 is 11.1 Å². The Kier molecular flexibility index (Phi) is 5.12. The quantitative estimate of drug-likeness (QED) is 0.666. The van der Waals surface area contributed by atoms with Crippen LogP contribution in [0.2, 0.25) is 0 Å². The second-order valence-electron chi connectivity index (χ2n) is 5.02. The number of halogens is 1. The number of hydrogen-bond acceptors (Lipinski definition) is 6. The molecule has 1 aromatic carbocycles. The molecule has 2 aromatic rings. The summed E-state index contributed by atoms with van der Waals surface area (Å²) < 4.78 is 5.42. The van der Waals surface area contributed by atoms with Gasteiger partial charge < -0.3 is 10.5 Å². The molecule has 2 rings (SSSR count). The fraction of sp³-hybridized carbons (Fsp3) is 0.286. The molecule has 0 aliphatic carbocycles. The summed E-state index contributed by atoms with van der Waals surface area (Å²) in [6.07, 6.45) is -0.0635. The summed E-state index contributed by atoms with van der Waals surface area (Å²) in [5.74, 6) is -0.599. The van der Waals surface area contributed by atoms with Crippen molar-refractivity contribution < 1.29 is 14.3 Å². The third-order valence-electron chi connectivity index (χ3n) is 3.21. The highest BCUT2D eigenvalue weighted by Gasteiger charge is 2.31. The summed E-state index contributed by atoms with van der Waals surface area (Å²) in [7, 11) is 1.28. The number of aromatic nitrogens is 3. The fourth-order valence-corrected chi connectivity index (χ4v) is 2.06. The molecule has 9 heteroatoms. The lowest BCUT2D eigenvalue weighted by Crippen LogP contribution is -2.45. The number of amides is 1. The van der Waals surface area contributed by atoms with E-state index in [9.17, 15) is 9.59 Å². The van der Waals surface area contributed by atoms with Crippen molar-refractivity contribution >= 4 is 33.8 Å². The Balaban J connectivity index is 2.08. The smallest absolute Gasteiger partial charge is 0.313 e. The number of anilines is 1. The zero-order chi connectivity index (χ0) is 17.0. The average molecular weight is 382 g/mol. The van der Waals surface area contributed by atoms with Gasteiger partial charge in [0, 0.05) is 4.47 Å². The zero-order valence-electron chi connectivity index (χ0n) is 12.6. The van der Waals surface area contributed by atoms with E-state index in [2.05, 4.69) is 41.2 Å². The number of hydrogen-bond donors (Lipinski definition) is 3. The summed E-state index contributed by atoms with van der Waals surface area (Å²) in [6.45, 7) is 1.59. The van der Waals surface area contributed by atoms with E-state index in [-0.39, 0.29) is 18.2 Å². The van der Waals surface area contributed by atoms with Crippen molar-refractivity contribution in [1.82, 2.24) is 15.2 Å². The SMILES string of the molecule is COC(=O)Cc1nc(NC(=O)C(C)(N)c2ccc(Br)cc2)n[nH]1. The highest BCUT2D eigenvalue weighted by molar-refractivity contribution is 9.10. The zero-order valence-corrected chi connectivity index (χ0v) is 14.2. The first kappa shape index (κ1) is 17.1. The minimum atomic E-state index is -1.26. The number of nitrogens with one attached hydrogen (secondary N) is 2. The summed E-state index contributed by atoms with van der Waals surface area (Å²) in [5.41, 5.74) is 5.50. The molecule has 1 aromatic heterocycles. The van der Waals surface area contributed by atoms with Gasteiger partial charge in [0.1, 0.15) is 17.8 Å². The van der Waals surface area contributed by atoms with Crippen molar-refractivity contribution in [2.24, 2.45) is 5.73 Å². The predicted octanol–water partition coefficient (Wildman–Crippen LogP) is 1.10. The number of aromatic amines is 1. The molecule has 0 bridgehead atoms. The molecule has 0 fully saturated rings. The molecule has 1 atom stereocenters. The molecule has 122 valence electrons. The van der Waals surface area contributed by atoms with E-state index in [1.54, 1.807) is 31.2 Å². The molecule has 8 nitrogen and oxygen atoms in total. The lowest BCUT2D eigenvalue weighted by molar-refractivity contribution is -0.139. The normalized spacial score (nSPS) is 13.2. The first-order chi connectivity index (χ1) is 10.8. The molecule has 0 aliphatic rings. The maximum absolute atomic E-state index is 12.4. The molecule has 1 amide bonds. The van der Waals surface area contributed by atoms with E-state index in [1.165, 1.54) is 7.11 Å². The van der Waals surface area contributed by atoms with Crippen LogP contribution in [-0.4, -0.2) is 34.2 Å². The van der Waals surface area contributed by atoms with Gasteiger partial charge in [0.2, 0.25) is 5.95 Å². The van der Waals surface area contributed by atoms with Gasteiger partial charge in [-0.25, -0.2) is 0 Å². The molecular formula is C14H16BrN5O3. The maximum Gasteiger partial charge on any atom is 0.313 e. The molecule has 0 aliphatic heterocycles. The van der Waals surface area contributed by atoms with Crippen LogP contribution in [0.5, 0.6) is 0 Å². The number of rotatable bonds is 5. The number of carbonyl (C=O) groups is 2. The molecule has 23 heavy (non-hydrogen) atoms. The van der Waals surface area contributed by atoms with E-state index in [4.69, 9.17) is 5.73 Å². The minimum Gasteiger partial charge on any atom is -0.469 e. The van der Waals surface area contributed by atoms with Crippen LogP contribution in [0.1, 0.15) is 18.3 Å². The highest BCUT2D eigenvalue weighted by Crippen LogP contribution is 2.21. The van der Waals surface area contributed by atoms with Crippen LogP contribution in [0, 0.1) is 0 Å². The van der Waals surface area contributed by atoms with Crippen molar-refractivity contribution in [2.75, 3.05) is 12.4 Å². The molecule has 1 unspecified atom stereocenters. The van der Waals surface area contributed by atoms with Gasteiger partial charge >= 0.3 is 5.97 Å². The van der Waals surface area contributed by atoms with E-state index in [0.717, 1.165) is 4.47 Å². The number of methoxy groups -OCH3 is 1. The Hall–Kier alpha value is -2.26. The van der Waals surface area contributed by atoms with Gasteiger partial charge in [-0.05, 0) is 24.6 Å². The molecule has 4 N–H and O–H groups in total. The first-order valence-electron chi connectivity index (χ1n) is 6.67. The van der Waals surface area contributed by atoms with E-state index < -0.39 is 17.4 Å². The number of ether oxygens (including phenoxy) is 1. The van der Waals surface area contributed by atoms with E-state index >= 15 is 0 Å². The molecule has 0 radical (unpaired) electrons. The maximum atomic E-state index is 12.4. The lowest BCUT2D eigenvalue weighted by Gasteiger charge is -2.23. The Labute approximate surface area is 140 Å². The van der Waals surface area contributed by atoms with Crippen LogP contribution in [-0.2, 0) is 26.3 Å². The Morgan fingerprint density at radius 2 is 2.04 bits per heavy atom. The average Bonchev–Trinajstić information content (AvgIpc) is 2.94. The lowest BCUT2D eigenvalue weighted by atomic mass is 9.92. The number of benzene rings is 1. The van der Waals surface area contributed by atoms with Gasteiger partial charge in [-0.2, -0.15) is 4.98 Å². The van der Waals surface area contributed by atoms with E-state index in [0.29, 0.717) is 5.56 Å². The number of carbonyl (C=O) groups excluding carboxylic acids is 2. The van der Waals surface area contributed by atoms with Gasteiger partial charge in [0.05, 0.1) is 7.11 Å². The summed E-state index contributed by atoms with van der Waals surface area (Å²) in [4.78, 5) is 27.5. The first-order valence-corrected chi connectivity index (χ1v) is 7.46. The minimum absolute atomic E-state index is 0.0442. The van der Waals surface area contributed by atoms with Gasteiger partial charge in [0.25, 0.3) is 5.91 Å². The third kappa shape index (κ3) is 4.14. The Morgan fingerprint density at radius 1 is 1.39 bits per heavy atom. The summed E-state index contributed by atoms with van der Waals surface area (Å²) >= 11 is 3.33. The molecule has 0 spiro atoms. The van der Waals surface area contributed by atoms with Crippen molar-refractivity contribution in [3.63, 3.8) is 0 Å². The third-order valence-corrected chi connectivity index (χ3v) is 3.74. The van der Waals surface area contributed by atoms with Crippen LogP contribution in [0.25, 0.3) is 0 Å². The highest BCUT2D eigenvalue weighted by atomic mass is 79.9. The van der Waals surface area contributed by atoms with Crippen LogP contribution in [0.3, 0.4) is 0 Å². The molecule has 1 heterocycles. The molecule has 0 saturated heterocycles. The number of nitrogens with zero attached hydrogens (tertiary/aromatic N) is 2. The number of H-pyrrole nitrogens is 1. The molecule has 0 saturated carbocycles. The number of nitrogens with two attached hydrogens (primary N) is 1. The number of esters is 1.